The normalized spacial score (nSPS) is 16.8. The lowest BCUT2D eigenvalue weighted by molar-refractivity contribution is -0.155. The van der Waals surface area contributed by atoms with E-state index in [1.54, 1.807) is 4.90 Å². The highest BCUT2D eigenvalue weighted by atomic mass is 16.6. The minimum Gasteiger partial charge on any atom is -0.460 e. The summed E-state index contributed by atoms with van der Waals surface area (Å²) in [4.78, 5) is 25.3. The molecule has 0 spiro atoms. The summed E-state index contributed by atoms with van der Waals surface area (Å²) < 4.78 is 5.24. The molecule has 0 aromatic heterocycles. The Bertz CT molecular complexity index is 377. The molecule has 19 heavy (non-hydrogen) atoms. The van der Waals surface area contributed by atoms with Crippen molar-refractivity contribution in [3.63, 3.8) is 0 Å². The van der Waals surface area contributed by atoms with Gasteiger partial charge < -0.3 is 9.64 Å². The number of hydrogen-bond acceptors (Lipinski definition) is 3. The van der Waals surface area contributed by atoms with Crippen LogP contribution in [-0.4, -0.2) is 35.5 Å². The van der Waals surface area contributed by atoms with Crippen molar-refractivity contribution in [2.24, 2.45) is 0 Å². The van der Waals surface area contributed by atoms with Crippen LogP contribution in [-0.2, 0) is 14.3 Å². The molecule has 1 heterocycles. The maximum atomic E-state index is 11.9. The molecule has 0 saturated carbocycles. The predicted octanol–water partition coefficient (Wildman–Crippen LogP) is 2.45. The van der Waals surface area contributed by atoms with Crippen molar-refractivity contribution in [1.29, 1.82) is 0 Å². The van der Waals surface area contributed by atoms with Gasteiger partial charge in [-0.1, -0.05) is 24.3 Å². The van der Waals surface area contributed by atoms with Crippen LogP contribution in [0, 0.1) is 0 Å². The van der Waals surface area contributed by atoms with Crippen molar-refractivity contribution >= 4 is 11.9 Å². The van der Waals surface area contributed by atoms with Gasteiger partial charge in [-0.2, -0.15) is 0 Å². The van der Waals surface area contributed by atoms with Crippen LogP contribution in [0.15, 0.2) is 24.3 Å². The molecule has 0 unspecified atom stereocenters. The summed E-state index contributed by atoms with van der Waals surface area (Å²) in [6.45, 7) is 6.60. The quantitative estimate of drug-likeness (QED) is 0.736. The fourth-order valence-electron chi connectivity index (χ4n) is 1.76. The van der Waals surface area contributed by atoms with Crippen molar-refractivity contribution in [2.75, 3.05) is 13.1 Å². The van der Waals surface area contributed by atoms with E-state index < -0.39 is 5.60 Å². The first-order valence-corrected chi connectivity index (χ1v) is 6.70. The third-order valence-electron chi connectivity index (χ3n) is 2.60. The van der Waals surface area contributed by atoms with Crippen molar-refractivity contribution < 1.29 is 14.3 Å². The lowest BCUT2D eigenvalue weighted by Gasteiger charge is -2.23. The number of hydrogen-bond donors (Lipinski definition) is 0. The van der Waals surface area contributed by atoms with Crippen LogP contribution in [0.3, 0.4) is 0 Å². The molecule has 0 aromatic rings. The number of esters is 1. The summed E-state index contributed by atoms with van der Waals surface area (Å²) in [5.41, 5.74) is -0.472. The highest BCUT2D eigenvalue weighted by molar-refractivity contribution is 5.78. The second-order valence-corrected chi connectivity index (χ2v) is 5.57. The summed E-state index contributed by atoms with van der Waals surface area (Å²) in [6.07, 6.45) is 9.14. The zero-order valence-corrected chi connectivity index (χ0v) is 12.0. The second-order valence-electron chi connectivity index (χ2n) is 5.57. The van der Waals surface area contributed by atoms with Gasteiger partial charge in [0.25, 0.3) is 0 Å². The fraction of sp³-hybridized carbons (Fsp3) is 0.600. The Labute approximate surface area is 115 Å². The van der Waals surface area contributed by atoms with Gasteiger partial charge in [0.1, 0.15) is 5.60 Å². The number of allylic oxidation sites excluding steroid dienone is 2. The average molecular weight is 265 g/mol. The molecule has 4 nitrogen and oxygen atoms in total. The van der Waals surface area contributed by atoms with Crippen molar-refractivity contribution in [3.8, 4) is 0 Å². The van der Waals surface area contributed by atoms with Crippen LogP contribution in [0.4, 0.5) is 0 Å². The molecule has 4 heteroatoms. The first-order valence-electron chi connectivity index (χ1n) is 6.70. The molecule has 0 N–H and O–H groups in total. The largest absolute Gasteiger partial charge is 0.460 e. The molecular weight excluding hydrogens is 242 g/mol. The van der Waals surface area contributed by atoms with Crippen molar-refractivity contribution in [2.45, 2.75) is 45.6 Å². The maximum Gasteiger partial charge on any atom is 0.308 e. The van der Waals surface area contributed by atoms with E-state index in [9.17, 15) is 9.59 Å². The standard InChI is InChI=1S/C15H23NO3/c1-15(2,3)19-14(18)10-12-16-11-8-6-4-5-7-9-13(16)17/h4-7H,8-12H2,1-3H3. The Balaban J connectivity index is 2.45. The van der Waals surface area contributed by atoms with Gasteiger partial charge >= 0.3 is 5.97 Å². The van der Waals surface area contributed by atoms with E-state index in [0.717, 1.165) is 6.42 Å². The zero-order valence-electron chi connectivity index (χ0n) is 12.0. The molecule has 0 bridgehead atoms. The first kappa shape index (κ1) is 15.5. The Hall–Kier alpha value is -1.58. The summed E-state index contributed by atoms with van der Waals surface area (Å²) in [5, 5.41) is 0. The number of carbonyl (C=O) groups is 2. The lowest BCUT2D eigenvalue weighted by Crippen LogP contribution is -2.34. The van der Waals surface area contributed by atoms with Gasteiger partial charge in [-0.3, -0.25) is 9.59 Å². The number of nitrogens with zero attached hydrogens (tertiary/aromatic N) is 1. The highest BCUT2D eigenvalue weighted by Gasteiger charge is 2.18. The van der Waals surface area contributed by atoms with E-state index >= 15 is 0 Å². The fourth-order valence-corrected chi connectivity index (χ4v) is 1.76. The van der Waals surface area contributed by atoms with Crippen LogP contribution >= 0.6 is 0 Å². The monoisotopic (exact) mass is 265 g/mol. The van der Waals surface area contributed by atoms with Gasteiger partial charge in [-0.05, 0) is 27.2 Å². The van der Waals surface area contributed by atoms with Gasteiger partial charge in [0, 0.05) is 19.5 Å². The highest BCUT2D eigenvalue weighted by Crippen LogP contribution is 2.09. The van der Waals surface area contributed by atoms with Crippen LogP contribution in [0.5, 0.6) is 0 Å². The van der Waals surface area contributed by atoms with E-state index in [2.05, 4.69) is 0 Å². The number of rotatable bonds is 3. The smallest absolute Gasteiger partial charge is 0.308 e. The number of carbonyl (C=O) groups excluding carboxylic acids is 2. The van der Waals surface area contributed by atoms with Crippen molar-refractivity contribution in [1.82, 2.24) is 4.90 Å². The van der Waals surface area contributed by atoms with Gasteiger partial charge in [0.2, 0.25) is 5.91 Å². The van der Waals surface area contributed by atoms with Crippen LogP contribution < -0.4 is 0 Å². The summed E-state index contributed by atoms with van der Waals surface area (Å²) in [6, 6.07) is 0. The number of ether oxygens (including phenoxy) is 1. The van der Waals surface area contributed by atoms with Crippen molar-refractivity contribution in [3.05, 3.63) is 24.3 Å². The molecule has 1 rings (SSSR count). The van der Waals surface area contributed by atoms with E-state index in [1.165, 1.54) is 0 Å². The van der Waals surface area contributed by atoms with Gasteiger partial charge in [-0.25, -0.2) is 0 Å². The van der Waals surface area contributed by atoms with Crippen LogP contribution in [0.2, 0.25) is 0 Å². The van der Waals surface area contributed by atoms with Gasteiger partial charge in [-0.15, -0.1) is 0 Å². The maximum absolute atomic E-state index is 11.9. The molecular formula is C15H23NO3. The van der Waals surface area contributed by atoms with Crippen LogP contribution in [0.1, 0.15) is 40.0 Å². The Morgan fingerprint density at radius 1 is 1.32 bits per heavy atom. The van der Waals surface area contributed by atoms with E-state index in [-0.39, 0.29) is 18.3 Å². The SMILES string of the molecule is CC(C)(C)OC(=O)CCN1CCC=CC=CCC1=O. The molecule has 0 aromatic carbocycles. The minimum absolute atomic E-state index is 0.0588. The Morgan fingerprint density at radius 3 is 2.68 bits per heavy atom. The Kier molecular flexibility index (Phi) is 5.80. The van der Waals surface area contributed by atoms with E-state index in [4.69, 9.17) is 4.74 Å². The van der Waals surface area contributed by atoms with Gasteiger partial charge in [0.15, 0.2) is 0 Å². The molecule has 0 aliphatic carbocycles. The lowest BCUT2D eigenvalue weighted by atomic mass is 10.2. The first-order chi connectivity index (χ1) is 8.88. The molecule has 0 fully saturated rings. The minimum atomic E-state index is -0.472. The van der Waals surface area contributed by atoms with E-state index in [1.807, 2.05) is 45.1 Å². The molecule has 1 aliphatic heterocycles. The molecule has 0 saturated heterocycles. The zero-order chi connectivity index (χ0) is 14.3. The molecule has 0 atom stereocenters. The molecule has 1 amide bonds. The van der Waals surface area contributed by atoms with Gasteiger partial charge in [0.05, 0.1) is 6.42 Å². The van der Waals surface area contributed by atoms with E-state index in [0.29, 0.717) is 19.5 Å². The predicted molar refractivity (Wildman–Crippen MR) is 74.6 cm³/mol. The van der Waals surface area contributed by atoms with Crippen LogP contribution in [0.25, 0.3) is 0 Å². The number of amides is 1. The summed E-state index contributed by atoms with van der Waals surface area (Å²) >= 11 is 0. The molecule has 1 aliphatic rings. The topological polar surface area (TPSA) is 46.6 Å². The Morgan fingerprint density at radius 2 is 2.00 bits per heavy atom. The summed E-state index contributed by atoms with van der Waals surface area (Å²) in [5.74, 6) is -0.199. The molecule has 106 valence electrons. The third-order valence-corrected chi connectivity index (χ3v) is 2.60. The second kappa shape index (κ2) is 7.12. The average Bonchev–Trinajstić information content (AvgIpc) is 2.37. The third kappa shape index (κ3) is 6.79. The molecule has 0 radical (unpaired) electrons. The summed E-state index contributed by atoms with van der Waals surface area (Å²) in [7, 11) is 0.